The van der Waals surface area contributed by atoms with Gasteiger partial charge in [0, 0.05) is 0 Å². The van der Waals surface area contributed by atoms with Crippen LogP contribution in [0.25, 0.3) is 0 Å². The van der Waals surface area contributed by atoms with Crippen molar-refractivity contribution in [2.45, 2.75) is 143 Å². The zero-order valence-electron chi connectivity index (χ0n) is 19.0. The highest BCUT2D eigenvalue weighted by atomic mass is 15.1. The van der Waals surface area contributed by atoms with Gasteiger partial charge < -0.3 is 4.90 Å². The molecular weight excluding hydrogens is 314 g/mol. The Kier molecular flexibility index (Phi) is 23.0. The minimum absolute atomic E-state index is 1.31. The summed E-state index contributed by atoms with van der Waals surface area (Å²) < 4.78 is 0. The highest BCUT2D eigenvalue weighted by molar-refractivity contribution is 4.59. The van der Waals surface area contributed by atoms with Gasteiger partial charge in [0.2, 0.25) is 0 Å². The van der Waals surface area contributed by atoms with Crippen molar-refractivity contribution in [2.24, 2.45) is 0 Å². The Morgan fingerprint density at radius 1 is 0.308 bits per heavy atom. The van der Waals surface area contributed by atoms with Gasteiger partial charge in [0.05, 0.1) is 0 Å². The van der Waals surface area contributed by atoms with Crippen molar-refractivity contribution < 1.29 is 0 Å². The van der Waals surface area contributed by atoms with Crippen molar-refractivity contribution in [3.8, 4) is 0 Å². The maximum Gasteiger partial charge on any atom is -0.00187 e. The van der Waals surface area contributed by atoms with Crippen LogP contribution >= 0.6 is 0 Å². The number of nitrogens with zero attached hydrogens (tertiary/aromatic N) is 1. The molecule has 0 spiro atoms. The summed E-state index contributed by atoms with van der Waals surface area (Å²) in [6.07, 6.45) is 27.3. The third-order valence-corrected chi connectivity index (χ3v) is 5.70. The molecule has 0 aromatic heterocycles. The van der Waals surface area contributed by atoms with E-state index in [0.717, 1.165) is 0 Å². The number of hydrogen-bond acceptors (Lipinski definition) is 1. The molecule has 0 rings (SSSR count). The molecule has 26 heavy (non-hydrogen) atoms. The van der Waals surface area contributed by atoms with Gasteiger partial charge in [0.1, 0.15) is 0 Å². The zero-order valence-corrected chi connectivity index (χ0v) is 19.0. The molecule has 0 saturated carbocycles. The van der Waals surface area contributed by atoms with Crippen molar-refractivity contribution in [1.29, 1.82) is 0 Å². The lowest BCUT2D eigenvalue weighted by molar-refractivity contribution is 0.260. The van der Waals surface area contributed by atoms with E-state index in [0.29, 0.717) is 0 Å². The SMILES string of the molecule is CCCCCCCCCCCN(CCC)CCCCCCCCCCC. The number of unbranched alkanes of at least 4 members (excludes halogenated alkanes) is 16. The lowest BCUT2D eigenvalue weighted by atomic mass is 10.1. The Morgan fingerprint density at radius 2 is 0.615 bits per heavy atom. The summed E-state index contributed by atoms with van der Waals surface area (Å²) >= 11 is 0. The van der Waals surface area contributed by atoms with E-state index in [-0.39, 0.29) is 0 Å². The molecule has 1 nitrogen and oxygen atoms in total. The smallest absolute Gasteiger partial charge is 0.00187 e. The largest absolute Gasteiger partial charge is 0.303 e. The number of hydrogen-bond donors (Lipinski definition) is 0. The number of rotatable bonds is 22. The summed E-state index contributed by atoms with van der Waals surface area (Å²) in [6, 6.07) is 0. The van der Waals surface area contributed by atoms with Crippen LogP contribution in [-0.4, -0.2) is 24.5 Å². The van der Waals surface area contributed by atoms with E-state index in [2.05, 4.69) is 25.7 Å². The van der Waals surface area contributed by atoms with Crippen LogP contribution in [0.1, 0.15) is 143 Å². The molecule has 158 valence electrons. The van der Waals surface area contributed by atoms with Gasteiger partial charge in [-0.05, 0) is 38.9 Å². The summed E-state index contributed by atoms with van der Waals surface area (Å²) in [5.74, 6) is 0. The second-order valence-corrected chi connectivity index (χ2v) is 8.50. The molecule has 0 unspecified atom stereocenters. The van der Waals surface area contributed by atoms with E-state index in [1.54, 1.807) is 0 Å². The first kappa shape index (κ1) is 26.0. The normalized spacial score (nSPS) is 11.5. The van der Waals surface area contributed by atoms with E-state index in [9.17, 15) is 0 Å². The topological polar surface area (TPSA) is 3.24 Å². The van der Waals surface area contributed by atoms with Crippen molar-refractivity contribution in [1.82, 2.24) is 4.90 Å². The van der Waals surface area contributed by atoms with Crippen molar-refractivity contribution in [2.75, 3.05) is 19.6 Å². The molecule has 0 atom stereocenters. The molecule has 0 aliphatic rings. The van der Waals surface area contributed by atoms with Crippen LogP contribution in [0.2, 0.25) is 0 Å². The Bertz CT molecular complexity index is 216. The summed E-state index contributed by atoms with van der Waals surface area (Å²) in [5.41, 5.74) is 0. The second-order valence-electron chi connectivity index (χ2n) is 8.50. The monoisotopic (exact) mass is 367 g/mol. The van der Waals surface area contributed by atoms with Crippen LogP contribution in [0.5, 0.6) is 0 Å². The first-order chi connectivity index (χ1) is 12.8. The van der Waals surface area contributed by atoms with Gasteiger partial charge >= 0.3 is 0 Å². The molecule has 0 aromatic carbocycles. The first-order valence-corrected chi connectivity index (χ1v) is 12.6. The lowest BCUT2D eigenvalue weighted by Gasteiger charge is -2.21. The summed E-state index contributed by atoms with van der Waals surface area (Å²) in [5, 5.41) is 0. The fourth-order valence-corrected chi connectivity index (χ4v) is 3.94. The van der Waals surface area contributed by atoms with Gasteiger partial charge in [-0.3, -0.25) is 0 Å². The molecule has 1 heteroatoms. The van der Waals surface area contributed by atoms with Crippen LogP contribution in [0.4, 0.5) is 0 Å². The van der Waals surface area contributed by atoms with Gasteiger partial charge in [0.15, 0.2) is 0 Å². The van der Waals surface area contributed by atoms with Crippen molar-refractivity contribution >= 4 is 0 Å². The van der Waals surface area contributed by atoms with Crippen molar-refractivity contribution in [3.05, 3.63) is 0 Å². The van der Waals surface area contributed by atoms with Crippen LogP contribution in [0.3, 0.4) is 0 Å². The van der Waals surface area contributed by atoms with Gasteiger partial charge in [-0.15, -0.1) is 0 Å². The molecule has 0 N–H and O–H groups in total. The maximum absolute atomic E-state index is 2.74. The molecule has 0 amide bonds. The van der Waals surface area contributed by atoms with Crippen LogP contribution < -0.4 is 0 Å². The average Bonchev–Trinajstić information content (AvgIpc) is 2.65. The summed E-state index contributed by atoms with van der Waals surface area (Å²) in [7, 11) is 0. The van der Waals surface area contributed by atoms with Gasteiger partial charge in [-0.2, -0.15) is 0 Å². The average molecular weight is 368 g/mol. The third kappa shape index (κ3) is 20.3. The van der Waals surface area contributed by atoms with Crippen LogP contribution in [-0.2, 0) is 0 Å². The van der Waals surface area contributed by atoms with E-state index in [4.69, 9.17) is 0 Å². The minimum atomic E-state index is 1.31. The zero-order chi connectivity index (χ0) is 19.1. The van der Waals surface area contributed by atoms with Gasteiger partial charge in [-0.1, -0.05) is 124 Å². The molecule has 0 bridgehead atoms. The predicted molar refractivity (Wildman–Crippen MR) is 121 cm³/mol. The molecular formula is C25H53N. The van der Waals surface area contributed by atoms with E-state index in [1.807, 2.05) is 0 Å². The Balaban J connectivity index is 3.42. The van der Waals surface area contributed by atoms with Gasteiger partial charge in [-0.25, -0.2) is 0 Å². The quantitative estimate of drug-likeness (QED) is 0.173. The Hall–Kier alpha value is -0.0400. The maximum atomic E-state index is 2.74. The summed E-state index contributed by atoms with van der Waals surface area (Å²) in [6.45, 7) is 10.9. The first-order valence-electron chi connectivity index (χ1n) is 12.6. The van der Waals surface area contributed by atoms with E-state index in [1.165, 1.54) is 142 Å². The van der Waals surface area contributed by atoms with Crippen molar-refractivity contribution in [3.63, 3.8) is 0 Å². The molecule has 0 heterocycles. The second kappa shape index (κ2) is 23.0. The highest BCUT2D eigenvalue weighted by Crippen LogP contribution is 2.12. The Morgan fingerprint density at radius 3 is 0.923 bits per heavy atom. The lowest BCUT2D eigenvalue weighted by Crippen LogP contribution is -2.27. The highest BCUT2D eigenvalue weighted by Gasteiger charge is 2.03. The molecule has 0 aromatic rings. The fraction of sp³-hybridized carbons (Fsp3) is 1.00. The van der Waals surface area contributed by atoms with Crippen LogP contribution in [0.15, 0.2) is 0 Å². The third-order valence-electron chi connectivity index (χ3n) is 5.70. The van der Waals surface area contributed by atoms with Gasteiger partial charge in [0.25, 0.3) is 0 Å². The Labute approximate surface area is 167 Å². The summed E-state index contributed by atoms with van der Waals surface area (Å²) in [4.78, 5) is 2.74. The minimum Gasteiger partial charge on any atom is -0.303 e. The van der Waals surface area contributed by atoms with Crippen LogP contribution in [0, 0.1) is 0 Å². The standard InChI is InChI=1S/C25H53N/c1-4-7-9-11-13-15-17-19-21-24-26(23-6-3)25-22-20-18-16-14-12-10-8-5-2/h4-25H2,1-3H3. The molecule has 0 aliphatic heterocycles. The molecule has 0 fully saturated rings. The molecule has 0 saturated heterocycles. The molecule has 0 radical (unpaired) electrons. The van der Waals surface area contributed by atoms with E-state index >= 15 is 0 Å². The molecule has 0 aliphatic carbocycles. The van der Waals surface area contributed by atoms with E-state index < -0.39 is 0 Å². The fourth-order valence-electron chi connectivity index (χ4n) is 3.94. The predicted octanol–water partition coefficient (Wildman–Crippen LogP) is 8.76.